The summed E-state index contributed by atoms with van der Waals surface area (Å²) in [7, 11) is -4.31. The van der Waals surface area contributed by atoms with Crippen LogP contribution in [0.2, 0.25) is 5.02 Å². The number of halogens is 2. The first kappa shape index (κ1) is 20.3. The molecular formula is C19H12ClFN4O3S. The topological polar surface area (TPSA) is 112 Å². The molecule has 1 amide bonds. The van der Waals surface area contributed by atoms with Crippen LogP contribution in [0.3, 0.4) is 0 Å². The van der Waals surface area contributed by atoms with Crippen molar-refractivity contribution in [3.63, 3.8) is 0 Å². The summed E-state index contributed by atoms with van der Waals surface area (Å²) >= 11 is 5.85. The van der Waals surface area contributed by atoms with Crippen LogP contribution in [-0.4, -0.2) is 19.3 Å². The van der Waals surface area contributed by atoms with Crippen LogP contribution >= 0.6 is 11.6 Å². The predicted octanol–water partition coefficient (Wildman–Crippen LogP) is 3.80. The molecule has 1 aromatic heterocycles. The highest BCUT2D eigenvalue weighted by atomic mass is 35.5. The first-order chi connectivity index (χ1) is 13.8. The summed E-state index contributed by atoms with van der Waals surface area (Å²) < 4.78 is 41.5. The van der Waals surface area contributed by atoms with Crippen molar-refractivity contribution in [2.75, 3.05) is 10.0 Å². The first-order valence-corrected chi connectivity index (χ1v) is 9.90. The third-order valence-corrected chi connectivity index (χ3v) is 5.37. The van der Waals surface area contributed by atoms with Gasteiger partial charge in [-0.1, -0.05) is 17.7 Å². The van der Waals surface area contributed by atoms with Crippen LogP contribution in [0.1, 0.15) is 16.1 Å². The highest BCUT2D eigenvalue weighted by Crippen LogP contribution is 2.28. The zero-order chi connectivity index (χ0) is 21.0. The Morgan fingerprint density at radius 1 is 1.10 bits per heavy atom. The number of benzene rings is 2. The van der Waals surface area contributed by atoms with Crippen LogP contribution in [0.25, 0.3) is 0 Å². The molecule has 0 bridgehead atoms. The third kappa shape index (κ3) is 4.68. The van der Waals surface area contributed by atoms with Gasteiger partial charge in [0.25, 0.3) is 15.9 Å². The highest BCUT2D eigenvalue weighted by Gasteiger charge is 2.22. The van der Waals surface area contributed by atoms with Gasteiger partial charge in [-0.05, 0) is 42.5 Å². The monoisotopic (exact) mass is 430 g/mol. The van der Waals surface area contributed by atoms with E-state index in [4.69, 9.17) is 11.6 Å². The maximum Gasteiger partial charge on any atom is 0.274 e. The molecule has 3 rings (SSSR count). The van der Waals surface area contributed by atoms with Crippen LogP contribution in [-0.2, 0) is 10.0 Å². The zero-order valence-corrected chi connectivity index (χ0v) is 16.1. The Labute approximate surface area is 170 Å². The fraction of sp³-hybridized carbons (Fsp3) is 0. The molecule has 0 aliphatic carbocycles. The average molecular weight is 431 g/mol. The lowest BCUT2D eigenvalue weighted by molar-refractivity contribution is 0.102. The fourth-order valence-corrected chi connectivity index (χ4v) is 3.89. The zero-order valence-electron chi connectivity index (χ0n) is 14.6. The van der Waals surface area contributed by atoms with Gasteiger partial charge in [0.05, 0.1) is 16.9 Å². The van der Waals surface area contributed by atoms with E-state index in [-0.39, 0.29) is 32.6 Å². The third-order valence-electron chi connectivity index (χ3n) is 3.73. The number of pyridine rings is 1. The van der Waals surface area contributed by atoms with Gasteiger partial charge in [0.15, 0.2) is 0 Å². The number of nitriles is 1. The SMILES string of the molecule is N#Cc1ccc(Cl)cc1S(=O)(=O)Nc1cc(F)ccc1NC(=O)c1ccccn1. The minimum absolute atomic E-state index is 0.00571. The molecule has 1 heterocycles. The first-order valence-electron chi connectivity index (χ1n) is 8.04. The molecule has 3 aromatic rings. The van der Waals surface area contributed by atoms with Crippen molar-refractivity contribution < 1.29 is 17.6 Å². The number of carbonyl (C=O) groups excluding carboxylic acids is 1. The van der Waals surface area contributed by atoms with E-state index in [1.54, 1.807) is 18.2 Å². The van der Waals surface area contributed by atoms with Gasteiger partial charge in [-0.15, -0.1) is 0 Å². The largest absolute Gasteiger partial charge is 0.319 e. The predicted molar refractivity (Wildman–Crippen MR) is 106 cm³/mol. The molecule has 0 radical (unpaired) electrons. The lowest BCUT2D eigenvalue weighted by atomic mass is 10.2. The van der Waals surface area contributed by atoms with Crippen molar-refractivity contribution in [2.24, 2.45) is 0 Å². The molecule has 29 heavy (non-hydrogen) atoms. The molecule has 146 valence electrons. The van der Waals surface area contributed by atoms with Crippen LogP contribution in [0.5, 0.6) is 0 Å². The number of aromatic nitrogens is 1. The summed E-state index contributed by atoms with van der Waals surface area (Å²) in [5.41, 5.74) is -0.270. The molecule has 7 nitrogen and oxygen atoms in total. The summed E-state index contributed by atoms with van der Waals surface area (Å²) in [5.74, 6) is -1.34. The second-order valence-electron chi connectivity index (χ2n) is 5.72. The highest BCUT2D eigenvalue weighted by molar-refractivity contribution is 7.92. The lowest BCUT2D eigenvalue weighted by Gasteiger charge is -2.14. The second kappa shape index (κ2) is 8.26. The summed E-state index contributed by atoms with van der Waals surface area (Å²) in [6.07, 6.45) is 1.42. The molecule has 2 N–H and O–H groups in total. The molecule has 10 heteroatoms. The van der Waals surface area contributed by atoms with E-state index in [0.717, 1.165) is 18.2 Å². The van der Waals surface area contributed by atoms with Gasteiger partial charge in [-0.2, -0.15) is 5.26 Å². The van der Waals surface area contributed by atoms with Gasteiger partial charge in [0.1, 0.15) is 22.5 Å². The number of rotatable bonds is 5. The van der Waals surface area contributed by atoms with Gasteiger partial charge < -0.3 is 5.32 Å². The normalized spacial score (nSPS) is 10.8. The summed E-state index contributed by atoms with van der Waals surface area (Å²) in [6.45, 7) is 0. The molecular weight excluding hydrogens is 419 g/mol. The van der Waals surface area contributed by atoms with Crippen LogP contribution in [0.4, 0.5) is 15.8 Å². The standard InChI is InChI=1S/C19H12ClFN4O3S/c20-13-5-4-12(11-22)18(9-13)29(27,28)25-17-10-14(21)6-7-15(17)24-19(26)16-3-1-2-8-23-16/h1-10,25H,(H,24,26). The van der Waals surface area contributed by atoms with E-state index < -0.39 is 21.7 Å². The molecule has 0 saturated carbocycles. The average Bonchev–Trinajstić information content (AvgIpc) is 2.70. The smallest absolute Gasteiger partial charge is 0.274 e. The van der Waals surface area contributed by atoms with Crippen molar-refractivity contribution in [3.8, 4) is 6.07 Å². The molecule has 0 atom stereocenters. The van der Waals surface area contributed by atoms with E-state index in [2.05, 4.69) is 15.0 Å². The number of hydrogen-bond donors (Lipinski definition) is 2. The molecule has 2 aromatic carbocycles. The molecule has 0 spiro atoms. The fourth-order valence-electron chi connectivity index (χ4n) is 2.40. The molecule has 0 aliphatic heterocycles. The van der Waals surface area contributed by atoms with Crippen LogP contribution in [0.15, 0.2) is 65.7 Å². The molecule has 0 aliphatic rings. The maximum atomic E-state index is 13.8. The second-order valence-corrected chi connectivity index (χ2v) is 7.80. The maximum absolute atomic E-state index is 13.8. The summed E-state index contributed by atoms with van der Waals surface area (Å²) in [5, 5.41) is 11.8. The minimum Gasteiger partial charge on any atom is -0.319 e. The molecule has 0 fully saturated rings. The van der Waals surface area contributed by atoms with Gasteiger partial charge >= 0.3 is 0 Å². The number of nitrogens with one attached hydrogen (secondary N) is 2. The molecule has 0 saturated heterocycles. The van der Waals surface area contributed by atoms with E-state index >= 15 is 0 Å². The Morgan fingerprint density at radius 2 is 1.90 bits per heavy atom. The summed E-state index contributed by atoms with van der Waals surface area (Å²) in [4.78, 5) is 15.9. The number of nitrogens with zero attached hydrogens (tertiary/aromatic N) is 2. The van der Waals surface area contributed by atoms with E-state index in [1.165, 1.54) is 30.5 Å². The van der Waals surface area contributed by atoms with Crippen molar-refractivity contribution in [1.29, 1.82) is 5.26 Å². The van der Waals surface area contributed by atoms with Crippen LogP contribution < -0.4 is 10.0 Å². The number of hydrogen-bond acceptors (Lipinski definition) is 5. The van der Waals surface area contributed by atoms with Crippen molar-refractivity contribution in [1.82, 2.24) is 4.98 Å². The van der Waals surface area contributed by atoms with Crippen molar-refractivity contribution in [3.05, 3.63) is 82.9 Å². The Kier molecular flexibility index (Phi) is 5.77. The quantitative estimate of drug-likeness (QED) is 0.639. The Hall–Kier alpha value is -3.48. The molecule has 0 unspecified atom stereocenters. The number of carbonyl (C=O) groups is 1. The van der Waals surface area contributed by atoms with Crippen LogP contribution in [0, 0.1) is 17.1 Å². The summed E-state index contributed by atoms with van der Waals surface area (Å²) in [6, 6.07) is 13.4. The minimum atomic E-state index is -4.31. The lowest BCUT2D eigenvalue weighted by Crippen LogP contribution is -2.18. The van der Waals surface area contributed by atoms with Crippen molar-refractivity contribution >= 4 is 38.9 Å². The number of amides is 1. The van der Waals surface area contributed by atoms with E-state index in [1.807, 2.05) is 0 Å². The van der Waals surface area contributed by atoms with E-state index in [0.29, 0.717) is 0 Å². The van der Waals surface area contributed by atoms with E-state index in [9.17, 15) is 22.9 Å². The Balaban J connectivity index is 1.97. The number of sulfonamides is 1. The van der Waals surface area contributed by atoms with Gasteiger partial charge in [-0.3, -0.25) is 14.5 Å². The Bertz CT molecular complexity index is 1230. The van der Waals surface area contributed by atoms with Gasteiger partial charge in [0.2, 0.25) is 0 Å². The number of anilines is 2. The van der Waals surface area contributed by atoms with Gasteiger partial charge in [-0.25, -0.2) is 12.8 Å². The van der Waals surface area contributed by atoms with Crippen molar-refractivity contribution in [2.45, 2.75) is 4.90 Å². The van der Waals surface area contributed by atoms with Gasteiger partial charge in [0, 0.05) is 17.3 Å². The Morgan fingerprint density at radius 3 is 2.59 bits per heavy atom.